The van der Waals surface area contributed by atoms with Crippen molar-refractivity contribution in [2.75, 3.05) is 38.1 Å². The van der Waals surface area contributed by atoms with E-state index in [4.69, 9.17) is 0 Å². The molecule has 3 rings (SSSR count). The number of hydrogen-bond donors (Lipinski definition) is 1. The van der Waals surface area contributed by atoms with Crippen molar-refractivity contribution in [3.05, 3.63) is 41.2 Å². The van der Waals surface area contributed by atoms with Crippen LogP contribution < -0.4 is 10.2 Å². The van der Waals surface area contributed by atoms with Gasteiger partial charge in [0.25, 0.3) is 11.8 Å². The fourth-order valence-corrected chi connectivity index (χ4v) is 3.35. The van der Waals surface area contributed by atoms with E-state index in [1.165, 1.54) is 6.20 Å². The van der Waals surface area contributed by atoms with Gasteiger partial charge in [-0.1, -0.05) is 0 Å². The molecular formula is C16H19N5O2S. The minimum absolute atomic E-state index is 0.0491. The lowest BCUT2D eigenvalue weighted by atomic mass is 10.2. The van der Waals surface area contributed by atoms with Crippen LogP contribution in [0.5, 0.6) is 0 Å². The molecule has 8 heteroatoms. The maximum Gasteiger partial charge on any atom is 0.269 e. The number of nitrogens with one attached hydrogen (secondary N) is 1. The Labute approximate surface area is 144 Å². The molecule has 3 heterocycles. The molecule has 2 amide bonds. The zero-order valence-corrected chi connectivity index (χ0v) is 14.3. The highest BCUT2D eigenvalue weighted by atomic mass is 32.1. The van der Waals surface area contributed by atoms with Crippen molar-refractivity contribution >= 4 is 28.3 Å². The van der Waals surface area contributed by atoms with E-state index in [1.54, 1.807) is 36.7 Å². The number of nitrogens with zero attached hydrogens (tertiary/aromatic N) is 4. The van der Waals surface area contributed by atoms with Crippen LogP contribution in [0.15, 0.2) is 29.9 Å². The number of carbonyl (C=O) groups excluding carboxylic acids is 2. The summed E-state index contributed by atoms with van der Waals surface area (Å²) < 4.78 is 0. The Morgan fingerprint density at radius 2 is 2.04 bits per heavy atom. The first-order valence-corrected chi connectivity index (χ1v) is 8.69. The highest BCUT2D eigenvalue weighted by molar-refractivity contribution is 7.13. The van der Waals surface area contributed by atoms with Gasteiger partial charge in [-0.25, -0.2) is 4.98 Å². The van der Waals surface area contributed by atoms with Crippen molar-refractivity contribution in [2.45, 2.75) is 6.42 Å². The minimum Gasteiger partial charge on any atom is -0.354 e. The molecule has 1 saturated heterocycles. The van der Waals surface area contributed by atoms with Crippen LogP contribution in [0.4, 0.5) is 5.13 Å². The number of hydrogen-bond acceptors (Lipinski definition) is 6. The summed E-state index contributed by atoms with van der Waals surface area (Å²) in [6.07, 6.45) is 4.17. The first-order valence-electron chi connectivity index (χ1n) is 7.81. The number of anilines is 1. The Bertz CT molecular complexity index is 702. The van der Waals surface area contributed by atoms with Crippen LogP contribution in [-0.4, -0.2) is 59.9 Å². The normalized spacial score (nSPS) is 15.0. The van der Waals surface area contributed by atoms with Crippen LogP contribution in [0.3, 0.4) is 0 Å². The Morgan fingerprint density at radius 3 is 2.71 bits per heavy atom. The zero-order valence-electron chi connectivity index (χ0n) is 13.4. The van der Waals surface area contributed by atoms with Gasteiger partial charge < -0.3 is 15.1 Å². The summed E-state index contributed by atoms with van der Waals surface area (Å²) in [5, 5.41) is 5.47. The summed E-state index contributed by atoms with van der Waals surface area (Å²) in [6, 6.07) is 3.23. The van der Waals surface area contributed by atoms with Crippen LogP contribution in [0.2, 0.25) is 0 Å². The molecule has 1 N–H and O–H groups in total. The maximum atomic E-state index is 12.7. The monoisotopic (exact) mass is 345 g/mol. The first-order chi connectivity index (χ1) is 11.7. The van der Waals surface area contributed by atoms with Gasteiger partial charge in [0.2, 0.25) is 0 Å². The van der Waals surface area contributed by atoms with Gasteiger partial charge in [0.1, 0.15) is 5.69 Å². The Kier molecular flexibility index (Phi) is 5.05. The van der Waals surface area contributed by atoms with Gasteiger partial charge in [0, 0.05) is 51.0 Å². The van der Waals surface area contributed by atoms with Crippen molar-refractivity contribution in [3.8, 4) is 0 Å². The van der Waals surface area contributed by atoms with Gasteiger partial charge >= 0.3 is 0 Å². The summed E-state index contributed by atoms with van der Waals surface area (Å²) in [5.41, 5.74) is 0.810. The van der Waals surface area contributed by atoms with Crippen molar-refractivity contribution in [3.63, 3.8) is 0 Å². The zero-order chi connectivity index (χ0) is 16.9. The quantitative estimate of drug-likeness (QED) is 0.906. The van der Waals surface area contributed by atoms with Gasteiger partial charge in [-0.05, 0) is 18.6 Å². The molecule has 1 fully saturated rings. The molecule has 0 saturated carbocycles. The summed E-state index contributed by atoms with van der Waals surface area (Å²) in [5.74, 6) is -0.310. The molecule has 0 radical (unpaired) electrons. The largest absolute Gasteiger partial charge is 0.354 e. The van der Waals surface area contributed by atoms with Crippen LogP contribution in [0.25, 0.3) is 0 Å². The molecule has 0 spiro atoms. The fraction of sp³-hybridized carbons (Fsp3) is 0.375. The SMILES string of the molecule is CNC(=O)c1ccc(C(=O)N2CCCN(c3nccs3)CC2)cn1. The van der Waals surface area contributed by atoms with Gasteiger partial charge in [0.05, 0.1) is 5.56 Å². The second-order valence-corrected chi connectivity index (χ2v) is 6.33. The van der Waals surface area contributed by atoms with Gasteiger partial charge in [-0.2, -0.15) is 0 Å². The van der Waals surface area contributed by atoms with E-state index in [1.807, 2.05) is 10.3 Å². The third-order valence-corrected chi connectivity index (χ3v) is 4.78. The van der Waals surface area contributed by atoms with Crippen LogP contribution >= 0.6 is 11.3 Å². The molecule has 2 aromatic heterocycles. The molecule has 126 valence electrons. The molecular weight excluding hydrogens is 326 g/mol. The fourth-order valence-electron chi connectivity index (χ4n) is 2.65. The van der Waals surface area contributed by atoms with E-state index in [-0.39, 0.29) is 11.8 Å². The van der Waals surface area contributed by atoms with Crippen molar-refractivity contribution in [1.82, 2.24) is 20.2 Å². The van der Waals surface area contributed by atoms with Crippen LogP contribution in [0, 0.1) is 0 Å². The van der Waals surface area contributed by atoms with Crippen molar-refractivity contribution in [1.29, 1.82) is 0 Å². The average Bonchev–Trinajstić information content (AvgIpc) is 3.05. The molecule has 7 nitrogen and oxygen atoms in total. The topological polar surface area (TPSA) is 78.4 Å². The molecule has 2 aromatic rings. The van der Waals surface area contributed by atoms with Crippen molar-refractivity contribution in [2.24, 2.45) is 0 Å². The number of pyridine rings is 1. The van der Waals surface area contributed by atoms with Gasteiger partial charge in [-0.3, -0.25) is 14.6 Å². The lowest BCUT2D eigenvalue weighted by Crippen LogP contribution is -2.35. The average molecular weight is 345 g/mol. The van der Waals surface area contributed by atoms with E-state index < -0.39 is 0 Å². The third kappa shape index (κ3) is 3.53. The van der Waals surface area contributed by atoms with E-state index >= 15 is 0 Å². The summed E-state index contributed by atoms with van der Waals surface area (Å²) in [7, 11) is 1.55. The predicted octanol–water partition coefficient (Wildman–Crippen LogP) is 1.25. The highest BCUT2D eigenvalue weighted by Gasteiger charge is 2.21. The van der Waals surface area contributed by atoms with E-state index in [9.17, 15) is 9.59 Å². The lowest BCUT2D eigenvalue weighted by Gasteiger charge is -2.21. The maximum absolute atomic E-state index is 12.7. The van der Waals surface area contributed by atoms with E-state index in [0.717, 1.165) is 24.6 Å². The number of thiazole rings is 1. The number of aromatic nitrogens is 2. The summed E-state index contributed by atoms with van der Waals surface area (Å²) >= 11 is 1.61. The van der Waals surface area contributed by atoms with Gasteiger partial charge in [-0.15, -0.1) is 11.3 Å². The molecule has 1 aliphatic rings. The molecule has 24 heavy (non-hydrogen) atoms. The minimum atomic E-state index is -0.261. The Hall–Kier alpha value is -2.48. The second-order valence-electron chi connectivity index (χ2n) is 5.46. The smallest absolute Gasteiger partial charge is 0.269 e. The van der Waals surface area contributed by atoms with E-state index in [0.29, 0.717) is 24.3 Å². The second kappa shape index (κ2) is 7.39. The molecule has 0 bridgehead atoms. The first kappa shape index (κ1) is 16.4. The predicted molar refractivity (Wildman–Crippen MR) is 92.5 cm³/mol. The Morgan fingerprint density at radius 1 is 1.17 bits per heavy atom. The summed E-state index contributed by atoms with van der Waals surface area (Å²) in [6.45, 7) is 3.02. The highest BCUT2D eigenvalue weighted by Crippen LogP contribution is 2.19. The standard InChI is InChI=1S/C16H19N5O2S/c1-17-14(22)13-4-3-12(11-19-13)15(23)20-6-2-7-21(9-8-20)16-18-5-10-24-16/h3-5,10-11H,2,6-9H2,1H3,(H,17,22). The molecule has 0 unspecified atom stereocenters. The molecule has 0 aliphatic carbocycles. The van der Waals surface area contributed by atoms with Gasteiger partial charge in [0.15, 0.2) is 5.13 Å². The molecule has 0 aromatic carbocycles. The lowest BCUT2D eigenvalue weighted by molar-refractivity contribution is 0.0765. The number of carbonyl (C=O) groups is 2. The van der Waals surface area contributed by atoms with Crippen molar-refractivity contribution < 1.29 is 9.59 Å². The summed E-state index contributed by atoms with van der Waals surface area (Å²) in [4.78, 5) is 36.6. The third-order valence-electron chi connectivity index (χ3n) is 3.94. The van der Waals surface area contributed by atoms with E-state index in [2.05, 4.69) is 20.2 Å². The molecule has 0 atom stereocenters. The number of rotatable bonds is 3. The number of amides is 2. The van der Waals surface area contributed by atoms with Crippen LogP contribution in [0.1, 0.15) is 27.3 Å². The molecule has 1 aliphatic heterocycles. The Balaban J connectivity index is 1.65. The van der Waals surface area contributed by atoms with Crippen LogP contribution in [-0.2, 0) is 0 Å².